The van der Waals surface area contributed by atoms with Gasteiger partial charge in [0.05, 0.1) is 6.10 Å². The highest BCUT2D eigenvalue weighted by Crippen LogP contribution is 2.40. The third-order valence-electron chi connectivity index (χ3n) is 3.72. The van der Waals surface area contributed by atoms with Gasteiger partial charge in [-0.25, -0.2) is 0 Å². The average molecular weight is 184 g/mol. The van der Waals surface area contributed by atoms with Crippen molar-refractivity contribution in [1.82, 2.24) is 10.2 Å². The van der Waals surface area contributed by atoms with Crippen LogP contribution in [0.4, 0.5) is 0 Å². The molecule has 2 unspecified atom stereocenters. The van der Waals surface area contributed by atoms with Gasteiger partial charge in [-0.2, -0.15) is 0 Å². The lowest BCUT2D eigenvalue weighted by Crippen LogP contribution is -2.67. The number of rotatable bonds is 2. The molecule has 2 N–H and O–H groups in total. The number of hydrogen-bond acceptors (Lipinski definition) is 3. The zero-order valence-corrected chi connectivity index (χ0v) is 8.75. The molecule has 0 aromatic heterocycles. The number of likely N-dealkylation sites (tertiary alicyclic amines) is 1. The molecule has 0 amide bonds. The van der Waals surface area contributed by atoms with Gasteiger partial charge in [0.1, 0.15) is 0 Å². The van der Waals surface area contributed by atoms with Crippen LogP contribution in [0.1, 0.15) is 20.3 Å². The normalized spacial score (nSPS) is 39.7. The Morgan fingerprint density at radius 3 is 2.38 bits per heavy atom. The fourth-order valence-corrected chi connectivity index (χ4v) is 2.27. The second-order valence-corrected chi connectivity index (χ2v) is 5.21. The summed E-state index contributed by atoms with van der Waals surface area (Å²) in [7, 11) is 2.14. The van der Waals surface area contributed by atoms with Crippen molar-refractivity contribution in [2.24, 2.45) is 5.41 Å². The van der Waals surface area contributed by atoms with E-state index in [0.29, 0.717) is 12.1 Å². The maximum Gasteiger partial charge on any atom is 0.0621 e. The number of hydrogen-bond donors (Lipinski definition) is 2. The Labute approximate surface area is 80.1 Å². The van der Waals surface area contributed by atoms with Gasteiger partial charge in [0.15, 0.2) is 0 Å². The van der Waals surface area contributed by atoms with E-state index in [0.717, 1.165) is 19.5 Å². The van der Waals surface area contributed by atoms with Crippen molar-refractivity contribution in [3.8, 4) is 0 Å². The molecule has 2 rings (SSSR count). The number of nitrogens with one attached hydrogen (secondary N) is 1. The molecule has 2 atom stereocenters. The van der Waals surface area contributed by atoms with Gasteiger partial charge in [-0.1, -0.05) is 13.8 Å². The zero-order chi connectivity index (χ0) is 9.64. The monoisotopic (exact) mass is 184 g/mol. The Balaban J connectivity index is 1.78. The minimum atomic E-state index is -0.109. The molecule has 2 aliphatic rings. The maximum atomic E-state index is 9.55. The largest absolute Gasteiger partial charge is 0.392 e. The molecule has 3 heteroatoms. The first kappa shape index (κ1) is 9.44. The summed E-state index contributed by atoms with van der Waals surface area (Å²) in [5.41, 5.74) is 0.0775. The third-order valence-corrected chi connectivity index (χ3v) is 3.72. The summed E-state index contributed by atoms with van der Waals surface area (Å²) in [6.07, 6.45) is 0.815. The Kier molecular flexibility index (Phi) is 2.13. The van der Waals surface area contributed by atoms with Crippen LogP contribution >= 0.6 is 0 Å². The third kappa shape index (κ3) is 1.49. The van der Waals surface area contributed by atoms with Crippen LogP contribution in [0, 0.1) is 5.41 Å². The van der Waals surface area contributed by atoms with E-state index in [1.165, 1.54) is 0 Å². The Hall–Kier alpha value is -0.120. The highest BCUT2D eigenvalue weighted by atomic mass is 16.3. The second-order valence-electron chi connectivity index (χ2n) is 5.21. The summed E-state index contributed by atoms with van der Waals surface area (Å²) in [5, 5.41) is 13.2. The highest BCUT2D eigenvalue weighted by Gasteiger charge is 2.48. The van der Waals surface area contributed by atoms with Crippen LogP contribution in [0.15, 0.2) is 0 Å². The van der Waals surface area contributed by atoms with Crippen LogP contribution in [-0.4, -0.2) is 48.3 Å². The van der Waals surface area contributed by atoms with Crippen molar-refractivity contribution in [3.05, 3.63) is 0 Å². The van der Waals surface area contributed by atoms with Crippen LogP contribution < -0.4 is 5.32 Å². The second kappa shape index (κ2) is 2.94. The molecule has 0 radical (unpaired) electrons. The lowest BCUT2D eigenvalue weighted by atomic mass is 9.64. The molecule has 1 heterocycles. The zero-order valence-electron chi connectivity index (χ0n) is 8.75. The van der Waals surface area contributed by atoms with Gasteiger partial charge in [0, 0.05) is 30.6 Å². The van der Waals surface area contributed by atoms with Crippen molar-refractivity contribution in [3.63, 3.8) is 0 Å². The SMILES string of the molecule is CN1CC(NC2CC(O)C2(C)C)C1. The lowest BCUT2D eigenvalue weighted by molar-refractivity contribution is -0.0816. The Bertz CT molecular complexity index is 199. The van der Waals surface area contributed by atoms with E-state index in [-0.39, 0.29) is 11.5 Å². The molecular weight excluding hydrogens is 164 g/mol. The van der Waals surface area contributed by atoms with Crippen molar-refractivity contribution in [2.45, 2.75) is 38.5 Å². The van der Waals surface area contributed by atoms with Gasteiger partial charge >= 0.3 is 0 Å². The molecule has 1 aliphatic heterocycles. The predicted octanol–water partition coefficient (Wildman–Crippen LogP) is 0.0494. The van der Waals surface area contributed by atoms with Gasteiger partial charge in [-0.05, 0) is 13.5 Å². The van der Waals surface area contributed by atoms with E-state index in [1.54, 1.807) is 0 Å². The summed E-state index contributed by atoms with van der Waals surface area (Å²) < 4.78 is 0. The summed E-state index contributed by atoms with van der Waals surface area (Å²) in [6.45, 7) is 6.59. The van der Waals surface area contributed by atoms with E-state index >= 15 is 0 Å². The van der Waals surface area contributed by atoms with Crippen LogP contribution in [-0.2, 0) is 0 Å². The first-order chi connectivity index (χ1) is 6.00. The van der Waals surface area contributed by atoms with E-state index in [2.05, 4.69) is 31.1 Å². The molecular formula is C10H20N2O. The summed E-state index contributed by atoms with van der Waals surface area (Å²) >= 11 is 0. The Morgan fingerprint density at radius 1 is 1.38 bits per heavy atom. The van der Waals surface area contributed by atoms with Crippen molar-refractivity contribution < 1.29 is 5.11 Å². The average Bonchev–Trinajstić information content (AvgIpc) is 2.00. The van der Waals surface area contributed by atoms with Crippen LogP contribution in [0.25, 0.3) is 0 Å². The van der Waals surface area contributed by atoms with Gasteiger partial charge in [0.25, 0.3) is 0 Å². The van der Waals surface area contributed by atoms with Gasteiger partial charge in [-0.3, -0.25) is 0 Å². The van der Waals surface area contributed by atoms with Gasteiger partial charge < -0.3 is 15.3 Å². The summed E-state index contributed by atoms with van der Waals surface area (Å²) in [6, 6.07) is 1.17. The summed E-state index contributed by atoms with van der Waals surface area (Å²) in [5.74, 6) is 0. The smallest absolute Gasteiger partial charge is 0.0621 e. The molecule has 0 spiro atoms. The number of aliphatic hydroxyl groups is 1. The van der Waals surface area contributed by atoms with E-state index in [9.17, 15) is 5.11 Å². The maximum absolute atomic E-state index is 9.55. The molecule has 13 heavy (non-hydrogen) atoms. The quantitative estimate of drug-likeness (QED) is 0.636. The predicted molar refractivity (Wildman–Crippen MR) is 52.6 cm³/mol. The van der Waals surface area contributed by atoms with Crippen LogP contribution in [0.3, 0.4) is 0 Å². The van der Waals surface area contributed by atoms with Crippen molar-refractivity contribution in [1.29, 1.82) is 0 Å². The topological polar surface area (TPSA) is 35.5 Å². The lowest BCUT2D eigenvalue weighted by Gasteiger charge is -2.53. The van der Waals surface area contributed by atoms with Crippen molar-refractivity contribution >= 4 is 0 Å². The standard InChI is InChI=1S/C10H20N2O/c1-10(2)8(4-9(10)13)11-7-5-12(3)6-7/h7-9,11,13H,4-6H2,1-3H3. The van der Waals surface area contributed by atoms with Gasteiger partial charge in [0.2, 0.25) is 0 Å². The molecule has 3 nitrogen and oxygen atoms in total. The van der Waals surface area contributed by atoms with Crippen LogP contribution in [0.5, 0.6) is 0 Å². The number of nitrogens with zero attached hydrogens (tertiary/aromatic N) is 1. The first-order valence-electron chi connectivity index (χ1n) is 5.13. The molecule has 76 valence electrons. The highest BCUT2D eigenvalue weighted by molar-refractivity contribution is 5.04. The molecule has 2 fully saturated rings. The van der Waals surface area contributed by atoms with Crippen LogP contribution in [0.2, 0.25) is 0 Å². The first-order valence-corrected chi connectivity index (χ1v) is 5.13. The minimum absolute atomic E-state index is 0.0775. The fourth-order valence-electron chi connectivity index (χ4n) is 2.27. The van der Waals surface area contributed by atoms with Gasteiger partial charge in [-0.15, -0.1) is 0 Å². The Morgan fingerprint density at radius 2 is 2.00 bits per heavy atom. The molecule has 0 aromatic rings. The van der Waals surface area contributed by atoms with E-state index in [1.807, 2.05) is 0 Å². The molecule has 1 saturated carbocycles. The molecule has 0 aromatic carbocycles. The van der Waals surface area contributed by atoms with E-state index in [4.69, 9.17) is 0 Å². The summed E-state index contributed by atoms with van der Waals surface area (Å²) in [4.78, 5) is 2.31. The molecule has 1 saturated heterocycles. The van der Waals surface area contributed by atoms with E-state index < -0.39 is 0 Å². The number of likely N-dealkylation sites (N-methyl/N-ethyl adjacent to an activating group) is 1. The fraction of sp³-hybridized carbons (Fsp3) is 1.00. The molecule has 1 aliphatic carbocycles. The molecule has 0 bridgehead atoms. The van der Waals surface area contributed by atoms with Crippen molar-refractivity contribution in [2.75, 3.05) is 20.1 Å². The minimum Gasteiger partial charge on any atom is -0.392 e. The number of aliphatic hydroxyl groups excluding tert-OH is 1.